The standard InChI is InChI=1S/C17H22O2/c1-2-11-19-12-10-16(18)13-15-8-5-7-14-6-3-4-9-17(14)15/h3-9,16,18H,2,10-13H2,1H3. The number of hydrogen-bond acceptors (Lipinski definition) is 2. The van der Waals surface area contributed by atoms with Crippen LogP contribution in [-0.2, 0) is 11.2 Å². The summed E-state index contributed by atoms with van der Waals surface area (Å²) in [5, 5.41) is 12.5. The quantitative estimate of drug-likeness (QED) is 0.769. The van der Waals surface area contributed by atoms with E-state index in [1.54, 1.807) is 0 Å². The van der Waals surface area contributed by atoms with Crippen molar-refractivity contribution in [3.05, 3.63) is 48.0 Å². The van der Waals surface area contributed by atoms with Crippen molar-refractivity contribution in [1.29, 1.82) is 0 Å². The average molecular weight is 258 g/mol. The molecule has 0 aliphatic heterocycles. The first-order valence-electron chi connectivity index (χ1n) is 7.03. The molecule has 0 aliphatic rings. The van der Waals surface area contributed by atoms with E-state index in [0.29, 0.717) is 19.4 Å². The molecule has 0 bridgehead atoms. The fourth-order valence-electron chi connectivity index (χ4n) is 2.29. The Labute approximate surface area is 115 Å². The van der Waals surface area contributed by atoms with Gasteiger partial charge in [0.2, 0.25) is 0 Å². The fourth-order valence-corrected chi connectivity index (χ4v) is 2.29. The van der Waals surface area contributed by atoms with E-state index in [1.807, 2.05) is 12.1 Å². The molecule has 0 spiro atoms. The van der Waals surface area contributed by atoms with E-state index in [0.717, 1.165) is 13.0 Å². The average Bonchev–Trinajstić information content (AvgIpc) is 2.44. The number of fused-ring (bicyclic) bond motifs is 1. The SMILES string of the molecule is CCCOCCC(O)Cc1cccc2ccccc12. The van der Waals surface area contributed by atoms with Crippen molar-refractivity contribution < 1.29 is 9.84 Å². The predicted molar refractivity (Wildman–Crippen MR) is 79.4 cm³/mol. The van der Waals surface area contributed by atoms with Crippen LogP contribution >= 0.6 is 0 Å². The molecule has 0 saturated heterocycles. The summed E-state index contributed by atoms with van der Waals surface area (Å²) < 4.78 is 5.42. The van der Waals surface area contributed by atoms with Crippen molar-refractivity contribution in [2.24, 2.45) is 0 Å². The second-order valence-electron chi connectivity index (χ2n) is 4.90. The van der Waals surface area contributed by atoms with E-state index in [4.69, 9.17) is 4.74 Å². The zero-order valence-electron chi connectivity index (χ0n) is 11.5. The number of benzene rings is 2. The Bertz CT molecular complexity index is 502. The number of aliphatic hydroxyl groups excluding tert-OH is 1. The van der Waals surface area contributed by atoms with Gasteiger partial charge in [0, 0.05) is 13.2 Å². The third-order valence-corrected chi connectivity index (χ3v) is 3.28. The Balaban J connectivity index is 1.97. The van der Waals surface area contributed by atoms with Crippen molar-refractivity contribution in [2.45, 2.75) is 32.3 Å². The zero-order chi connectivity index (χ0) is 13.5. The lowest BCUT2D eigenvalue weighted by Gasteiger charge is -2.12. The smallest absolute Gasteiger partial charge is 0.0602 e. The first-order chi connectivity index (χ1) is 9.31. The molecule has 1 atom stereocenters. The van der Waals surface area contributed by atoms with Crippen LogP contribution in [0.5, 0.6) is 0 Å². The first-order valence-corrected chi connectivity index (χ1v) is 7.03. The molecule has 1 N–H and O–H groups in total. The summed E-state index contributed by atoms with van der Waals surface area (Å²) in [7, 11) is 0. The van der Waals surface area contributed by atoms with Crippen LogP contribution in [0.3, 0.4) is 0 Å². The van der Waals surface area contributed by atoms with Gasteiger partial charge in [0.05, 0.1) is 6.10 Å². The molecule has 0 aromatic heterocycles. The van der Waals surface area contributed by atoms with Gasteiger partial charge in [-0.15, -0.1) is 0 Å². The highest BCUT2D eigenvalue weighted by molar-refractivity contribution is 5.85. The van der Waals surface area contributed by atoms with Crippen LogP contribution in [-0.4, -0.2) is 24.4 Å². The molecule has 0 radical (unpaired) electrons. The van der Waals surface area contributed by atoms with Gasteiger partial charge >= 0.3 is 0 Å². The number of ether oxygens (including phenoxy) is 1. The minimum absolute atomic E-state index is 0.331. The monoisotopic (exact) mass is 258 g/mol. The Hall–Kier alpha value is -1.38. The summed E-state index contributed by atoms with van der Waals surface area (Å²) in [6, 6.07) is 14.6. The molecule has 2 nitrogen and oxygen atoms in total. The van der Waals surface area contributed by atoms with E-state index in [9.17, 15) is 5.11 Å². The van der Waals surface area contributed by atoms with E-state index < -0.39 is 0 Å². The second kappa shape index (κ2) is 7.27. The minimum atomic E-state index is -0.331. The van der Waals surface area contributed by atoms with Crippen molar-refractivity contribution >= 4 is 10.8 Å². The van der Waals surface area contributed by atoms with Crippen LogP contribution in [0.4, 0.5) is 0 Å². The molecule has 0 heterocycles. The number of rotatable bonds is 7. The van der Waals surface area contributed by atoms with Crippen molar-refractivity contribution in [3.8, 4) is 0 Å². The van der Waals surface area contributed by atoms with Gasteiger partial charge in [-0.05, 0) is 35.6 Å². The summed E-state index contributed by atoms with van der Waals surface area (Å²) >= 11 is 0. The highest BCUT2D eigenvalue weighted by atomic mass is 16.5. The molecule has 0 aliphatic carbocycles. The topological polar surface area (TPSA) is 29.5 Å². The molecule has 1 unspecified atom stereocenters. The molecule has 2 rings (SSSR count). The molecule has 19 heavy (non-hydrogen) atoms. The summed E-state index contributed by atoms with van der Waals surface area (Å²) in [5.74, 6) is 0. The van der Waals surface area contributed by atoms with E-state index in [1.165, 1.54) is 16.3 Å². The van der Waals surface area contributed by atoms with Crippen LogP contribution in [0.25, 0.3) is 10.8 Å². The van der Waals surface area contributed by atoms with Crippen LogP contribution in [0.15, 0.2) is 42.5 Å². The van der Waals surface area contributed by atoms with Crippen LogP contribution in [0.1, 0.15) is 25.3 Å². The molecule has 0 saturated carbocycles. The molecular formula is C17H22O2. The number of aliphatic hydroxyl groups is 1. The molecule has 2 aromatic rings. The Morgan fingerprint density at radius 3 is 2.68 bits per heavy atom. The Kier molecular flexibility index (Phi) is 5.37. The van der Waals surface area contributed by atoms with Crippen LogP contribution < -0.4 is 0 Å². The van der Waals surface area contributed by atoms with Crippen LogP contribution in [0.2, 0.25) is 0 Å². The Morgan fingerprint density at radius 1 is 1.05 bits per heavy atom. The normalized spacial score (nSPS) is 12.7. The minimum Gasteiger partial charge on any atom is -0.393 e. The lowest BCUT2D eigenvalue weighted by atomic mass is 9.99. The third kappa shape index (κ3) is 4.05. The fraction of sp³-hybridized carbons (Fsp3) is 0.412. The van der Waals surface area contributed by atoms with Gasteiger partial charge in [-0.1, -0.05) is 49.4 Å². The maximum atomic E-state index is 10.1. The molecule has 0 amide bonds. The second-order valence-corrected chi connectivity index (χ2v) is 4.90. The van der Waals surface area contributed by atoms with Gasteiger partial charge in [0.1, 0.15) is 0 Å². The highest BCUT2D eigenvalue weighted by Crippen LogP contribution is 2.20. The maximum absolute atomic E-state index is 10.1. The van der Waals surface area contributed by atoms with Gasteiger partial charge in [0.25, 0.3) is 0 Å². The van der Waals surface area contributed by atoms with Gasteiger partial charge in [-0.2, -0.15) is 0 Å². The van der Waals surface area contributed by atoms with Crippen molar-refractivity contribution in [2.75, 3.05) is 13.2 Å². The van der Waals surface area contributed by atoms with Crippen molar-refractivity contribution in [3.63, 3.8) is 0 Å². The van der Waals surface area contributed by atoms with Crippen molar-refractivity contribution in [1.82, 2.24) is 0 Å². The molecule has 0 fully saturated rings. The summed E-state index contributed by atoms with van der Waals surface area (Å²) in [6.45, 7) is 3.51. The molecule has 102 valence electrons. The zero-order valence-corrected chi connectivity index (χ0v) is 11.5. The van der Waals surface area contributed by atoms with Gasteiger partial charge in [0.15, 0.2) is 0 Å². The Morgan fingerprint density at radius 2 is 1.84 bits per heavy atom. The van der Waals surface area contributed by atoms with Gasteiger partial charge in [-0.25, -0.2) is 0 Å². The van der Waals surface area contributed by atoms with Crippen LogP contribution in [0, 0.1) is 0 Å². The van der Waals surface area contributed by atoms with Gasteiger partial charge in [-0.3, -0.25) is 0 Å². The highest BCUT2D eigenvalue weighted by Gasteiger charge is 2.08. The predicted octanol–water partition coefficient (Wildman–Crippen LogP) is 3.56. The lowest BCUT2D eigenvalue weighted by molar-refractivity contribution is 0.0825. The molecule has 2 heteroatoms. The molecule has 2 aromatic carbocycles. The first kappa shape index (κ1) is 14.0. The van der Waals surface area contributed by atoms with E-state index in [-0.39, 0.29) is 6.10 Å². The third-order valence-electron chi connectivity index (χ3n) is 3.28. The van der Waals surface area contributed by atoms with Gasteiger partial charge < -0.3 is 9.84 Å². The summed E-state index contributed by atoms with van der Waals surface area (Å²) in [4.78, 5) is 0. The van der Waals surface area contributed by atoms with E-state index in [2.05, 4.69) is 37.3 Å². The lowest BCUT2D eigenvalue weighted by Crippen LogP contribution is -2.14. The molecular weight excluding hydrogens is 236 g/mol. The summed E-state index contributed by atoms with van der Waals surface area (Å²) in [5.41, 5.74) is 1.21. The van der Waals surface area contributed by atoms with E-state index >= 15 is 0 Å². The largest absolute Gasteiger partial charge is 0.393 e. The summed E-state index contributed by atoms with van der Waals surface area (Å²) in [6.07, 6.45) is 2.09. The maximum Gasteiger partial charge on any atom is 0.0602 e. The number of hydrogen-bond donors (Lipinski definition) is 1.